The monoisotopic (exact) mass is 333 g/mol. The van der Waals surface area contributed by atoms with E-state index in [0.29, 0.717) is 26.1 Å². The van der Waals surface area contributed by atoms with Gasteiger partial charge in [-0.15, -0.1) is 11.3 Å². The Morgan fingerprint density at radius 3 is 2.62 bits per heavy atom. The minimum absolute atomic E-state index is 0.104. The van der Waals surface area contributed by atoms with Crippen molar-refractivity contribution in [1.82, 2.24) is 4.72 Å². The zero-order valence-corrected chi connectivity index (χ0v) is 13.4. The summed E-state index contributed by atoms with van der Waals surface area (Å²) in [6.45, 7) is 2.53. The second-order valence-electron chi connectivity index (χ2n) is 5.10. The van der Waals surface area contributed by atoms with E-state index >= 15 is 0 Å². The number of ether oxygens (including phenoxy) is 1. The maximum atomic E-state index is 12.2. The van der Waals surface area contributed by atoms with Crippen LogP contribution in [0.1, 0.15) is 24.6 Å². The van der Waals surface area contributed by atoms with Gasteiger partial charge in [0.1, 0.15) is 4.21 Å². The highest BCUT2D eigenvalue weighted by molar-refractivity contribution is 7.91. The number of hydrogen-bond donors (Lipinski definition) is 2. The van der Waals surface area contributed by atoms with E-state index in [1.54, 1.807) is 12.1 Å². The lowest BCUT2D eigenvalue weighted by Crippen LogP contribution is -2.46. The zero-order valence-electron chi connectivity index (χ0n) is 11.8. The third-order valence-electron chi connectivity index (χ3n) is 3.75. The molecule has 0 radical (unpaired) electrons. The molecule has 0 amide bonds. The average Bonchev–Trinajstić information content (AvgIpc) is 2.96. The van der Waals surface area contributed by atoms with E-state index in [1.807, 2.05) is 6.92 Å². The molecule has 21 heavy (non-hydrogen) atoms. The normalized spacial score (nSPS) is 18.5. The van der Waals surface area contributed by atoms with Crippen molar-refractivity contribution in [3.05, 3.63) is 17.0 Å². The molecule has 2 heterocycles. The van der Waals surface area contributed by atoms with Crippen LogP contribution >= 0.6 is 11.3 Å². The summed E-state index contributed by atoms with van der Waals surface area (Å²) < 4.78 is 32.3. The third-order valence-corrected chi connectivity index (χ3v) is 6.88. The number of nitrogens with one attached hydrogen (secondary N) is 1. The van der Waals surface area contributed by atoms with Gasteiger partial charge in [0.05, 0.1) is 5.41 Å². The molecule has 0 spiro atoms. The molecule has 0 aliphatic carbocycles. The van der Waals surface area contributed by atoms with E-state index in [0.717, 1.165) is 11.3 Å². The number of hydrogen-bond acceptors (Lipinski definition) is 5. The highest BCUT2D eigenvalue weighted by Crippen LogP contribution is 2.31. The molecule has 0 atom stereocenters. The SMILES string of the molecule is CCc1ccc(S(=O)(=O)NCC2(C(=O)O)CCOCC2)s1. The van der Waals surface area contributed by atoms with Gasteiger partial charge in [-0.2, -0.15) is 0 Å². The molecular weight excluding hydrogens is 314 g/mol. The van der Waals surface area contributed by atoms with Crippen molar-refractivity contribution in [2.24, 2.45) is 5.41 Å². The first-order chi connectivity index (χ1) is 9.89. The third kappa shape index (κ3) is 3.63. The van der Waals surface area contributed by atoms with Gasteiger partial charge < -0.3 is 9.84 Å². The van der Waals surface area contributed by atoms with Gasteiger partial charge in [0.2, 0.25) is 10.0 Å². The van der Waals surface area contributed by atoms with Crippen molar-refractivity contribution in [2.75, 3.05) is 19.8 Å². The molecule has 6 nitrogen and oxygen atoms in total. The summed E-state index contributed by atoms with van der Waals surface area (Å²) in [5.74, 6) is -0.978. The van der Waals surface area contributed by atoms with E-state index < -0.39 is 21.4 Å². The number of carboxylic acid groups (broad SMARTS) is 1. The quantitative estimate of drug-likeness (QED) is 0.822. The lowest BCUT2D eigenvalue weighted by atomic mass is 9.80. The smallest absolute Gasteiger partial charge is 0.311 e. The lowest BCUT2D eigenvalue weighted by Gasteiger charge is -2.32. The number of rotatable bonds is 6. The summed E-state index contributed by atoms with van der Waals surface area (Å²) in [5.41, 5.74) is -1.07. The molecule has 0 unspecified atom stereocenters. The van der Waals surface area contributed by atoms with Crippen LogP contribution in [-0.2, 0) is 26.0 Å². The molecule has 118 valence electrons. The van der Waals surface area contributed by atoms with Crippen molar-refractivity contribution < 1.29 is 23.1 Å². The molecule has 2 N–H and O–H groups in total. The Bertz CT molecular complexity index is 602. The van der Waals surface area contributed by atoms with Gasteiger partial charge in [0, 0.05) is 24.6 Å². The van der Waals surface area contributed by atoms with Gasteiger partial charge in [0.15, 0.2) is 0 Å². The number of carbonyl (C=O) groups is 1. The van der Waals surface area contributed by atoms with Crippen LogP contribution < -0.4 is 4.72 Å². The van der Waals surface area contributed by atoms with Gasteiger partial charge in [-0.3, -0.25) is 4.79 Å². The predicted molar refractivity (Wildman–Crippen MR) is 79.0 cm³/mol. The fourth-order valence-corrected chi connectivity index (χ4v) is 4.69. The molecule has 1 aliphatic heterocycles. The van der Waals surface area contributed by atoms with Gasteiger partial charge in [-0.05, 0) is 31.4 Å². The molecule has 1 aromatic heterocycles. The van der Waals surface area contributed by atoms with E-state index in [-0.39, 0.29) is 10.8 Å². The minimum Gasteiger partial charge on any atom is -0.481 e. The Labute approximate surface area is 128 Å². The van der Waals surface area contributed by atoms with Gasteiger partial charge in [-0.1, -0.05) is 6.92 Å². The van der Waals surface area contributed by atoms with E-state index in [2.05, 4.69) is 4.72 Å². The van der Waals surface area contributed by atoms with Crippen LogP contribution in [0.15, 0.2) is 16.3 Å². The molecule has 1 fully saturated rings. The summed E-state index contributed by atoms with van der Waals surface area (Å²) in [6.07, 6.45) is 1.40. The summed E-state index contributed by atoms with van der Waals surface area (Å²) in [5, 5.41) is 9.41. The number of carboxylic acids is 1. The van der Waals surface area contributed by atoms with Crippen LogP contribution in [0.3, 0.4) is 0 Å². The van der Waals surface area contributed by atoms with Crippen molar-refractivity contribution in [3.8, 4) is 0 Å². The lowest BCUT2D eigenvalue weighted by molar-refractivity contribution is -0.154. The van der Waals surface area contributed by atoms with Crippen molar-refractivity contribution in [3.63, 3.8) is 0 Å². The highest BCUT2D eigenvalue weighted by atomic mass is 32.2. The second kappa shape index (κ2) is 6.43. The van der Waals surface area contributed by atoms with Gasteiger partial charge in [-0.25, -0.2) is 13.1 Å². The van der Waals surface area contributed by atoms with E-state index in [4.69, 9.17) is 4.74 Å². The Balaban J connectivity index is 2.11. The van der Waals surface area contributed by atoms with Crippen molar-refractivity contribution in [2.45, 2.75) is 30.4 Å². The van der Waals surface area contributed by atoms with E-state index in [1.165, 1.54) is 11.3 Å². The first kappa shape index (κ1) is 16.4. The van der Waals surface area contributed by atoms with Crippen molar-refractivity contribution in [1.29, 1.82) is 0 Å². The standard InChI is InChI=1S/C13H19NO5S2/c1-2-10-3-4-11(20-10)21(17,18)14-9-13(12(15)16)5-7-19-8-6-13/h3-4,14H,2,5-9H2,1H3,(H,15,16). The fourth-order valence-electron chi connectivity index (χ4n) is 2.23. The maximum absolute atomic E-state index is 12.2. The van der Waals surface area contributed by atoms with Crippen LogP contribution in [0.4, 0.5) is 0 Å². The Morgan fingerprint density at radius 1 is 1.43 bits per heavy atom. The highest BCUT2D eigenvalue weighted by Gasteiger charge is 2.41. The van der Waals surface area contributed by atoms with Crippen LogP contribution in [0.2, 0.25) is 0 Å². The first-order valence-electron chi connectivity index (χ1n) is 6.79. The topological polar surface area (TPSA) is 92.7 Å². The maximum Gasteiger partial charge on any atom is 0.311 e. The summed E-state index contributed by atoms with van der Waals surface area (Å²) in [4.78, 5) is 12.5. The molecule has 0 bridgehead atoms. The molecule has 1 saturated heterocycles. The average molecular weight is 333 g/mol. The molecule has 1 aliphatic rings. The molecule has 8 heteroatoms. The summed E-state index contributed by atoms with van der Waals surface area (Å²) in [6, 6.07) is 3.34. The fraction of sp³-hybridized carbons (Fsp3) is 0.615. The summed E-state index contributed by atoms with van der Waals surface area (Å²) >= 11 is 1.21. The second-order valence-corrected chi connectivity index (χ2v) is 8.26. The van der Waals surface area contributed by atoms with Gasteiger partial charge in [0.25, 0.3) is 0 Å². The number of thiophene rings is 1. The molecule has 0 saturated carbocycles. The first-order valence-corrected chi connectivity index (χ1v) is 9.09. The number of sulfonamides is 1. The van der Waals surface area contributed by atoms with Crippen LogP contribution in [0.5, 0.6) is 0 Å². The van der Waals surface area contributed by atoms with Gasteiger partial charge >= 0.3 is 5.97 Å². The molecule has 1 aromatic rings. The van der Waals surface area contributed by atoms with Crippen LogP contribution in [-0.4, -0.2) is 39.3 Å². The number of aliphatic carboxylic acids is 1. The Hall–Kier alpha value is -0.960. The molecule has 0 aromatic carbocycles. The van der Waals surface area contributed by atoms with Crippen molar-refractivity contribution >= 4 is 27.3 Å². The van der Waals surface area contributed by atoms with Crippen LogP contribution in [0.25, 0.3) is 0 Å². The van der Waals surface area contributed by atoms with Crippen LogP contribution in [0, 0.1) is 5.41 Å². The summed E-state index contributed by atoms with van der Waals surface area (Å²) in [7, 11) is -3.66. The number of aryl methyl sites for hydroxylation is 1. The molecule has 2 rings (SSSR count). The van der Waals surface area contributed by atoms with E-state index in [9.17, 15) is 18.3 Å². The minimum atomic E-state index is -3.66. The zero-order chi connectivity index (χ0) is 15.5. The Kier molecular flexibility index (Phi) is 5.03. The predicted octanol–water partition coefficient (Wildman–Crippen LogP) is 1.47. The Morgan fingerprint density at radius 2 is 2.10 bits per heavy atom. The largest absolute Gasteiger partial charge is 0.481 e. The molecular formula is C13H19NO5S2.